The second kappa shape index (κ2) is 10.3. The van der Waals surface area contributed by atoms with Gasteiger partial charge in [-0.1, -0.05) is 30.9 Å². The van der Waals surface area contributed by atoms with Crippen LogP contribution in [0.25, 0.3) is 0 Å². The largest absolute Gasteiger partial charge is 0.459 e. The van der Waals surface area contributed by atoms with E-state index in [0.29, 0.717) is 25.2 Å². The second-order valence-electron chi connectivity index (χ2n) is 7.44. The number of amides is 1. The Kier molecular flexibility index (Phi) is 7.53. The number of allylic oxidation sites excluding steroid dienone is 1. The van der Waals surface area contributed by atoms with Gasteiger partial charge in [0.15, 0.2) is 5.76 Å². The van der Waals surface area contributed by atoms with Crippen molar-refractivity contribution in [3.05, 3.63) is 47.2 Å². The van der Waals surface area contributed by atoms with Crippen LogP contribution in [0.3, 0.4) is 0 Å². The molecule has 150 valence electrons. The number of hydrogen-bond acceptors (Lipinski definition) is 4. The lowest BCUT2D eigenvalue weighted by molar-refractivity contribution is -0.146. The number of carbonyl (C=O) groups is 1. The first kappa shape index (κ1) is 20.4. The van der Waals surface area contributed by atoms with Gasteiger partial charge in [-0.25, -0.2) is 0 Å². The zero-order valence-corrected chi connectivity index (χ0v) is 16.2. The Hall–Kier alpha value is -2.29. The van der Waals surface area contributed by atoms with Crippen molar-refractivity contribution >= 4 is 5.91 Å². The molecule has 0 radical (unpaired) electrons. The third kappa shape index (κ3) is 5.60. The molecule has 0 aromatic heterocycles. The van der Waals surface area contributed by atoms with Crippen molar-refractivity contribution in [2.24, 2.45) is 0 Å². The van der Waals surface area contributed by atoms with Crippen LogP contribution in [0.4, 0.5) is 0 Å². The number of aliphatic hydroxyl groups is 1. The van der Waals surface area contributed by atoms with Crippen LogP contribution in [0.5, 0.6) is 0 Å². The van der Waals surface area contributed by atoms with Gasteiger partial charge in [-0.2, -0.15) is 0 Å². The summed E-state index contributed by atoms with van der Waals surface area (Å²) < 4.78 is 11.7. The summed E-state index contributed by atoms with van der Waals surface area (Å²) in [7, 11) is 0. The molecule has 5 heteroatoms. The molecule has 5 nitrogen and oxygen atoms in total. The van der Waals surface area contributed by atoms with Crippen molar-refractivity contribution in [3.63, 3.8) is 0 Å². The normalized spacial score (nSPS) is 22.2. The first-order chi connectivity index (χ1) is 13.7. The van der Waals surface area contributed by atoms with Crippen LogP contribution in [-0.2, 0) is 14.3 Å². The molecule has 1 heterocycles. The van der Waals surface area contributed by atoms with Gasteiger partial charge in [0.05, 0.1) is 6.61 Å². The molecule has 0 bridgehead atoms. The summed E-state index contributed by atoms with van der Waals surface area (Å²) in [6, 6.07) is 8.05. The molecule has 1 aliphatic carbocycles. The molecule has 28 heavy (non-hydrogen) atoms. The number of aliphatic hydroxyl groups excluding tert-OH is 1. The lowest BCUT2D eigenvalue weighted by Crippen LogP contribution is -2.37. The van der Waals surface area contributed by atoms with Crippen LogP contribution in [-0.4, -0.2) is 36.6 Å². The molecule has 0 spiro atoms. The molecule has 2 atom stereocenters. The van der Waals surface area contributed by atoms with Crippen molar-refractivity contribution in [2.45, 2.75) is 63.2 Å². The zero-order chi connectivity index (χ0) is 19.8. The van der Waals surface area contributed by atoms with Gasteiger partial charge in [-0.15, -0.1) is 6.42 Å². The zero-order valence-electron chi connectivity index (χ0n) is 16.2. The van der Waals surface area contributed by atoms with E-state index < -0.39 is 6.29 Å². The third-order valence-corrected chi connectivity index (χ3v) is 5.33. The predicted octanol–water partition coefficient (Wildman–Crippen LogP) is 3.23. The molecule has 0 unspecified atom stereocenters. The summed E-state index contributed by atoms with van der Waals surface area (Å²) in [6.07, 6.45) is 13.3. The fourth-order valence-electron chi connectivity index (χ4n) is 3.73. The summed E-state index contributed by atoms with van der Waals surface area (Å²) in [6.45, 7) is 0.638. The fourth-order valence-corrected chi connectivity index (χ4v) is 3.73. The highest BCUT2D eigenvalue weighted by Crippen LogP contribution is 2.32. The summed E-state index contributed by atoms with van der Waals surface area (Å²) in [5, 5.41) is 12.0. The highest BCUT2D eigenvalue weighted by molar-refractivity contribution is 5.92. The molecule has 1 amide bonds. The Morgan fingerprint density at radius 1 is 1.25 bits per heavy atom. The van der Waals surface area contributed by atoms with E-state index in [1.54, 1.807) is 0 Å². The molecule has 1 aliphatic heterocycles. The summed E-state index contributed by atoms with van der Waals surface area (Å²) >= 11 is 0. The average molecular weight is 383 g/mol. The molecule has 2 N–H and O–H groups in total. The number of ether oxygens (including phenoxy) is 2. The second-order valence-corrected chi connectivity index (χ2v) is 7.44. The van der Waals surface area contributed by atoms with E-state index in [9.17, 15) is 4.79 Å². The first-order valence-corrected chi connectivity index (χ1v) is 10.2. The third-order valence-electron chi connectivity index (χ3n) is 5.33. The van der Waals surface area contributed by atoms with Crippen molar-refractivity contribution < 1.29 is 19.4 Å². The van der Waals surface area contributed by atoms with Crippen LogP contribution in [0.15, 0.2) is 36.1 Å². The molecule has 1 saturated carbocycles. The van der Waals surface area contributed by atoms with E-state index in [1.807, 2.05) is 30.3 Å². The van der Waals surface area contributed by atoms with Crippen LogP contribution >= 0.6 is 0 Å². The Morgan fingerprint density at radius 3 is 2.68 bits per heavy atom. The monoisotopic (exact) mass is 383 g/mol. The molecule has 0 saturated heterocycles. The SMILES string of the molecule is C#Cc1ccc([C@H]2C=C(C(=O)NC3CCCC3)O[C@@H](OCCCCO)C2)cc1. The topological polar surface area (TPSA) is 67.8 Å². The van der Waals surface area contributed by atoms with E-state index in [0.717, 1.165) is 43.2 Å². The highest BCUT2D eigenvalue weighted by Gasteiger charge is 2.30. The summed E-state index contributed by atoms with van der Waals surface area (Å²) in [5.41, 5.74) is 1.91. The van der Waals surface area contributed by atoms with Gasteiger partial charge in [0, 0.05) is 30.6 Å². The number of carbonyl (C=O) groups excluding carboxylic acids is 1. The average Bonchev–Trinajstić information content (AvgIpc) is 3.24. The molecular formula is C23H29NO4. The first-order valence-electron chi connectivity index (χ1n) is 10.2. The van der Waals surface area contributed by atoms with Gasteiger partial charge in [-0.05, 0) is 49.5 Å². The summed E-state index contributed by atoms with van der Waals surface area (Å²) in [5.74, 6) is 2.81. The maximum absolute atomic E-state index is 12.7. The lowest BCUT2D eigenvalue weighted by Gasteiger charge is -2.30. The lowest BCUT2D eigenvalue weighted by atomic mass is 9.92. The Morgan fingerprint density at radius 2 is 2.00 bits per heavy atom. The summed E-state index contributed by atoms with van der Waals surface area (Å²) in [4.78, 5) is 12.7. The number of benzene rings is 1. The Labute approximate surface area is 167 Å². The molecule has 2 aliphatic rings. The quantitative estimate of drug-likeness (QED) is 0.534. The van der Waals surface area contributed by atoms with Crippen molar-refractivity contribution in [1.82, 2.24) is 5.32 Å². The molecule has 1 fully saturated rings. The highest BCUT2D eigenvalue weighted by atomic mass is 16.7. The van der Waals surface area contributed by atoms with E-state index >= 15 is 0 Å². The number of hydrogen-bond donors (Lipinski definition) is 2. The fraction of sp³-hybridized carbons (Fsp3) is 0.522. The van der Waals surface area contributed by atoms with Crippen molar-refractivity contribution in [1.29, 1.82) is 0 Å². The smallest absolute Gasteiger partial charge is 0.286 e. The molecule has 3 rings (SSSR count). The van der Waals surface area contributed by atoms with Gasteiger partial charge in [0.2, 0.25) is 6.29 Å². The van der Waals surface area contributed by atoms with Gasteiger partial charge in [0.25, 0.3) is 5.91 Å². The van der Waals surface area contributed by atoms with Gasteiger partial charge < -0.3 is 19.9 Å². The van der Waals surface area contributed by atoms with Crippen molar-refractivity contribution in [2.75, 3.05) is 13.2 Å². The minimum atomic E-state index is -0.481. The van der Waals surface area contributed by atoms with Gasteiger partial charge in [-0.3, -0.25) is 4.79 Å². The van der Waals surface area contributed by atoms with Crippen molar-refractivity contribution in [3.8, 4) is 12.3 Å². The van der Waals surface area contributed by atoms with Crippen LogP contribution in [0.1, 0.15) is 62.0 Å². The van der Waals surface area contributed by atoms with E-state index in [-0.39, 0.29) is 24.5 Å². The maximum Gasteiger partial charge on any atom is 0.286 e. The predicted molar refractivity (Wildman–Crippen MR) is 107 cm³/mol. The Balaban J connectivity index is 1.71. The number of nitrogens with one attached hydrogen (secondary N) is 1. The standard InChI is InChI=1S/C23H29NO4/c1-2-17-9-11-18(12-10-17)19-15-21(23(26)24-20-7-3-4-8-20)28-22(16-19)27-14-6-5-13-25/h1,9-12,15,19-20,22,25H,3-8,13-14,16H2,(H,24,26)/t19-,22+/m0/s1. The minimum absolute atomic E-state index is 0.0211. The van der Waals surface area contributed by atoms with E-state index in [1.165, 1.54) is 0 Å². The molecule has 1 aromatic carbocycles. The van der Waals surface area contributed by atoms with Gasteiger partial charge in [0.1, 0.15) is 0 Å². The van der Waals surface area contributed by atoms with E-state index in [2.05, 4.69) is 11.2 Å². The maximum atomic E-state index is 12.7. The molecule has 1 aromatic rings. The van der Waals surface area contributed by atoms with Crippen LogP contribution in [0.2, 0.25) is 0 Å². The number of rotatable bonds is 8. The van der Waals surface area contributed by atoms with Crippen LogP contribution < -0.4 is 5.32 Å². The molecular weight excluding hydrogens is 354 g/mol. The minimum Gasteiger partial charge on any atom is -0.459 e. The van der Waals surface area contributed by atoms with Gasteiger partial charge >= 0.3 is 0 Å². The number of unbranched alkanes of at least 4 members (excludes halogenated alkanes) is 1. The Bertz CT molecular complexity index is 713. The van der Waals surface area contributed by atoms with Crippen LogP contribution in [0, 0.1) is 12.3 Å². The number of terminal acetylenes is 1. The van der Waals surface area contributed by atoms with E-state index in [4.69, 9.17) is 21.0 Å².